The second-order valence-corrected chi connectivity index (χ2v) is 7.11. The lowest BCUT2D eigenvalue weighted by molar-refractivity contribution is 0.148. The predicted molar refractivity (Wildman–Crippen MR) is 90.9 cm³/mol. The molecule has 1 fully saturated rings. The van der Waals surface area contributed by atoms with Crippen molar-refractivity contribution in [2.75, 3.05) is 18.0 Å². The first-order chi connectivity index (χ1) is 11.1. The van der Waals surface area contributed by atoms with Gasteiger partial charge in [-0.25, -0.2) is 9.97 Å². The number of thiophene rings is 1. The molecule has 7 heteroatoms. The zero-order valence-electron chi connectivity index (χ0n) is 13.2. The van der Waals surface area contributed by atoms with Crippen LogP contribution in [0.1, 0.15) is 17.2 Å². The number of nitrogens with one attached hydrogen (secondary N) is 1. The lowest BCUT2D eigenvalue weighted by Crippen LogP contribution is -2.22. The van der Waals surface area contributed by atoms with Crippen LogP contribution in [-0.2, 0) is 6.42 Å². The number of aryl methyl sites for hydroxylation is 2. The van der Waals surface area contributed by atoms with E-state index in [2.05, 4.69) is 31.1 Å². The second kappa shape index (κ2) is 5.58. The third-order valence-electron chi connectivity index (χ3n) is 4.35. The Morgan fingerprint density at radius 1 is 1.35 bits per heavy atom. The van der Waals surface area contributed by atoms with Crippen LogP contribution >= 0.6 is 11.3 Å². The number of aliphatic hydroxyl groups is 1. The maximum atomic E-state index is 10.5. The predicted octanol–water partition coefficient (Wildman–Crippen LogP) is 2.07. The lowest BCUT2D eigenvalue weighted by Gasteiger charge is -2.18. The van der Waals surface area contributed by atoms with E-state index in [9.17, 15) is 5.11 Å². The van der Waals surface area contributed by atoms with Gasteiger partial charge in [-0.05, 0) is 37.8 Å². The summed E-state index contributed by atoms with van der Waals surface area (Å²) in [5, 5.41) is 20.8. The molecule has 3 aromatic heterocycles. The highest BCUT2D eigenvalue weighted by atomic mass is 32.1. The van der Waals surface area contributed by atoms with Crippen molar-refractivity contribution < 1.29 is 5.11 Å². The van der Waals surface area contributed by atoms with Crippen molar-refractivity contribution in [1.29, 1.82) is 0 Å². The quantitative estimate of drug-likeness (QED) is 0.769. The number of hydrogen-bond donors (Lipinski definition) is 2. The number of hydrogen-bond acceptors (Lipinski definition) is 6. The Balaban J connectivity index is 1.59. The molecule has 0 amide bonds. The molecule has 1 saturated heterocycles. The van der Waals surface area contributed by atoms with Crippen molar-refractivity contribution in [3.63, 3.8) is 0 Å². The summed E-state index contributed by atoms with van der Waals surface area (Å²) < 4.78 is 0. The van der Waals surface area contributed by atoms with Crippen LogP contribution < -0.4 is 4.90 Å². The normalized spacial score (nSPS) is 21.4. The van der Waals surface area contributed by atoms with E-state index < -0.39 is 0 Å². The molecule has 0 radical (unpaired) electrons. The topological polar surface area (TPSA) is 77.9 Å². The van der Waals surface area contributed by atoms with Gasteiger partial charge in [0, 0.05) is 24.7 Å². The van der Waals surface area contributed by atoms with Gasteiger partial charge in [0.25, 0.3) is 0 Å². The summed E-state index contributed by atoms with van der Waals surface area (Å²) in [4.78, 5) is 12.3. The van der Waals surface area contributed by atoms with Crippen LogP contribution in [-0.4, -0.2) is 44.5 Å². The minimum Gasteiger partial charge on any atom is -0.391 e. The van der Waals surface area contributed by atoms with E-state index >= 15 is 0 Å². The zero-order valence-corrected chi connectivity index (χ0v) is 14.0. The fraction of sp³-hybridized carbons (Fsp3) is 0.438. The molecule has 2 N–H and O–H groups in total. The summed E-state index contributed by atoms with van der Waals surface area (Å²) in [5.74, 6) is 1.88. The molecule has 1 aliphatic rings. The molecule has 0 spiro atoms. The maximum Gasteiger partial charge on any atom is 0.141 e. The summed E-state index contributed by atoms with van der Waals surface area (Å²) in [6, 6.07) is 4.10. The molecule has 3 aromatic rings. The van der Waals surface area contributed by atoms with E-state index in [1.807, 2.05) is 25.3 Å². The van der Waals surface area contributed by atoms with Crippen molar-refractivity contribution in [1.82, 2.24) is 20.2 Å². The molecule has 0 unspecified atom stereocenters. The van der Waals surface area contributed by atoms with Crippen molar-refractivity contribution in [2.24, 2.45) is 5.92 Å². The number of fused-ring (bicyclic) bond motifs is 1. The largest absolute Gasteiger partial charge is 0.391 e. The molecule has 120 valence electrons. The van der Waals surface area contributed by atoms with Gasteiger partial charge in [-0.3, -0.25) is 5.10 Å². The highest BCUT2D eigenvalue weighted by molar-refractivity contribution is 7.16. The fourth-order valence-electron chi connectivity index (χ4n) is 3.26. The van der Waals surface area contributed by atoms with Crippen molar-refractivity contribution in [3.05, 3.63) is 34.7 Å². The molecule has 4 heterocycles. The Kier molecular flexibility index (Phi) is 3.54. The van der Waals surface area contributed by atoms with Gasteiger partial charge >= 0.3 is 0 Å². The molecule has 0 saturated carbocycles. The number of aromatic amines is 1. The van der Waals surface area contributed by atoms with Crippen LogP contribution in [0.5, 0.6) is 0 Å². The number of aromatic nitrogens is 4. The van der Waals surface area contributed by atoms with Crippen LogP contribution in [0.2, 0.25) is 0 Å². The average Bonchev–Trinajstić information content (AvgIpc) is 3.20. The van der Waals surface area contributed by atoms with Crippen LogP contribution in [0, 0.1) is 19.8 Å². The van der Waals surface area contributed by atoms with Gasteiger partial charge in [-0.15, -0.1) is 11.3 Å². The molecular weight excluding hydrogens is 310 g/mol. The summed E-state index contributed by atoms with van der Waals surface area (Å²) in [5.41, 5.74) is 2.06. The molecule has 0 bridgehead atoms. The first-order valence-corrected chi connectivity index (χ1v) is 8.64. The average molecular weight is 329 g/mol. The standard InChI is InChI=1S/C16H19N5OS/c1-9-5-12(20-19-9)6-11-7-21(8-14(11)22)15-13-3-4-23-16(13)18-10(2)17-15/h3-5,11,14,22H,6-8H2,1-2H3,(H,19,20)/t11-,14-/m1/s1. The van der Waals surface area contributed by atoms with E-state index in [1.54, 1.807) is 11.3 Å². The van der Waals surface area contributed by atoms with Crippen LogP contribution in [0.3, 0.4) is 0 Å². The molecule has 6 nitrogen and oxygen atoms in total. The molecule has 2 atom stereocenters. The van der Waals surface area contributed by atoms with Crippen LogP contribution in [0.4, 0.5) is 5.82 Å². The molecule has 1 aliphatic heterocycles. The van der Waals surface area contributed by atoms with Gasteiger partial charge in [0.05, 0.1) is 17.2 Å². The molecule has 4 rings (SSSR count). The lowest BCUT2D eigenvalue weighted by atomic mass is 10.0. The fourth-order valence-corrected chi connectivity index (χ4v) is 4.06. The van der Waals surface area contributed by atoms with E-state index in [0.717, 1.165) is 46.2 Å². The molecule has 23 heavy (non-hydrogen) atoms. The van der Waals surface area contributed by atoms with Gasteiger partial charge in [0.1, 0.15) is 16.5 Å². The Hall–Kier alpha value is -1.99. The number of β-amino-alcohol motifs (C(OH)–C–C–N with tert-alkyl or cyclic N) is 1. The SMILES string of the molecule is Cc1nc(N2C[C@@H](Cc3cc(C)[nH]n3)[C@H](O)C2)c2ccsc2n1. The van der Waals surface area contributed by atoms with E-state index in [-0.39, 0.29) is 12.0 Å². The Morgan fingerprint density at radius 3 is 3.00 bits per heavy atom. The summed E-state index contributed by atoms with van der Waals surface area (Å²) >= 11 is 1.63. The minimum atomic E-state index is -0.365. The van der Waals surface area contributed by atoms with Gasteiger partial charge in [0.2, 0.25) is 0 Å². The molecular formula is C16H19N5OS. The third-order valence-corrected chi connectivity index (χ3v) is 5.16. The Morgan fingerprint density at radius 2 is 2.22 bits per heavy atom. The van der Waals surface area contributed by atoms with Crippen molar-refractivity contribution in [3.8, 4) is 0 Å². The molecule has 0 aromatic carbocycles. The number of H-pyrrole nitrogens is 1. The third kappa shape index (κ3) is 2.70. The second-order valence-electron chi connectivity index (χ2n) is 6.21. The highest BCUT2D eigenvalue weighted by Crippen LogP contribution is 2.32. The number of rotatable bonds is 3. The van der Waals surface area contributed by atoms with E-state index in [0.29, 0.717) is 6.54 Å². The monoisotopic (exact) mass is 329 g/mol. The maximum absolute atomic E-state index is 10.5. The molecule has 0 aliphatic carbocycles. The Bertz CT molecular complexity index is 842. The van der Waals surface area contributed by atoms with Crippen molar-refractivity contribution >= 4 is 27.4 Å². The van der Waals surface area contributed by atoms with Crippen LogP contribution in [0.25, 0.3) is 10.2 Å². The number of aliphatic hydroxyl groups excluding tert-OH is 1. The smallest absolute Gasteiger partial charge is 0.141 e. The summed E-state index contributed by atoms with van der Waals surface area (Å²) in [7, 11) is 0. The van der Waals surface area contributed by atoms with Gasteiger partial charge < -0.3 is 10.0 Å². The van der Waals surface area contributed by atoms with Gasteiger partial charge in [-0.1, -0.05) is 0 Å². The van der Waals surface area contributed by atoms with E-state index in [4.69, 9.17) is 0 Å². The summed E-state index contributed by atoms with van der Waals surface area (Å²) in [6.07, 6.45) is 0.412. The van der Waals surface area contributed by atoms with Gasteiger partial charge in [0.15, 0.2) is 0 Å². The van der Waals surface area contributed by atoms with Crippen molar-refractivity contribution in [2.45, 2.75) is 26.4 Å². The minimum absolute atomic E-state index is 0.168. The zero-order chi connectivity index (χ0) is 16.0. The number of anilines is 1. The van der Waals surface area contributed by atoms with E-state index in [1.165, 1.54) is 0 Å². The van der Waals surface area contributed by atoms with Crippen LogP contribution in [0.15, 0.2) is 17.5 Å². The van der Waals surface area contributed by atoms with Gasteiger partial charge in [-0.2, -0.15) is 5.10 Å². The number of nitrogens with zero attached hydrogens (tertiary/aromatic N) is 4. The summed E-state index contributed by atoms with van der Waals surface area (Å²) in [6.45, 7) is 5.30. The highest BCUT2D eigenvalue weighted by Gasteiger charge is 2.33. The Labute approximate surface area is 138 Å². The first kappa shape index (κ1) is 14.6. The first-order valence-electron chi connectivity index (χ1n) is 7.76.